The van der Waals surface area contributed by atoms with Gasteiger partial charge in [0.05, 0.1) is 25.9 Å². The Labute approximate surface area is 305 Å². The smallest absolute Gasteiger partial charge is 0.756 e. The van der Waals surface area contributed by atoms with Crippen LogP contribution >= 0.6 is 15.6 Å². The number of phosphoric acid groups is 2. The summed E-state index contributed by atoms with van der Waals surface area (Å²) in [5, 5.41) is 22.1. The molecule has 10 atom stereocenters. The normalized spacial score (nSPS) is 36.1. The average molecular weight is 718 g/mol. The van der Waals surface area contributed by atoms with Crippen molar-refractivity contribution in [1.82, 2.24) is 39.0 Å². The third-order valence-corrected chi connectivity index (χ3v) is 9.23. The van der Waals surface area contributed by atoms with Gasteiger partial charge in [-0.1, -0.05) is 0 Å². The van der Waals surface area contributed by atoms with Gasteiger partial charge >= 0.3 is 59.1 Å². The summed E-state index contributed by atoms with van der Waals surface area (Å²) in [4.78, 5) is 60.2. The molecular weight excluding hydrogens is 696 g/mol. The Balaban J connectivity index is 0.00000217. The van der Waals surface area contributed by atoms with Crippen LogP contribution in [0.2, 0.25) is 0 Å². The van der Waals surface area contributed by atoms with Crippen molar-refractivity contribution in [2.75, 3.05) is 24.7 Å². The molecule has 23 nitrogen and oxygen atoms in total. The molecule has 0 amide bonds. The first kappa shape index (κ1) is 36.8. The van der Waals surface area contributed by atoms with Gasteiger partial charge in [0.15, 0.2) is 35.1 Å². The summed E-state index contributed by atoms with van der Waals surface area (Å²) in [7, 11) is -10.6. The molecule has 0 aromatic carbocycles. The Hall–Kier alpha value is -1.44. The maximum atomic E-state index is 13.0. The molecule has 0 spiro atoms. The van der Waals surface area contributed by atoms with E-state index in [0.717, 1.165) is 17.2 Å². The van der Waals surface area contributed by atoms with Gasteiger partial charge < -0.3 is 59.0 Å². The third kappa shape index (κ3) is 6.85. The van der Waals surface area contributed by atoms with Gasteiger partial charge in [0.1, 0.15) is 48.5 Å². The number of ether oxygens (including phenoxy) is 2. The summed E-state index contributed by atoms with van der Waals surface area (Å²) in [5.74, 6) is -0.266. The van der Waals surface area contributed by atoms with E-state index in [-0.39, 0.29) is 93.2 Å². The molecule has 4 aromatic heterocycles. The second-order valence-electron chi connectivity index (χ2n) is 10.1. The van der Waals surface area contributed by atoms with Crippen LogP contribution in [0.15, 0.2) is 23.8 Å². The number of nitrogens with two attached hydrogens (primary N) is 2. The molecule has 242 valence electrons. The second-order valence-corrected chi connectivity index (χ2v) is 12.8. The fourth-order valence-electron chi connectivity index (χ4n) is 5.30. The monoisotopic (exact) mass is 718 g/mol. The summed E-state index contributed by atoms with van der Waals surface area (Å²) in [5.41, 5.74) is 10.7. The second kappa shape index (κ2) is 13.7. The Kier molecular flexibility index (Phi) is 10.7. The maximum Gasteiger partial charge on any atom is 1.00 e. The van der Waals surface area contributed by atoms with Gasteiger partial charge in [0, 0.05) is 0 Å². The van der Waals surface area contributed by atoms with Gasteiger partial charge in [-0.3, -0.25) is 28.0 Å². The molecule has 3 saturated heterocycles. The summed E-state index contributed by atoms with van der Waals surface area (Å²) in [6, 6.07) is 0. The van der Waals surface area contributed by atoms with Crippen LogP contribution in [-0.4, -0.2) is 99.1 Å². The zero-order valence-electron chi connectivity index (χ0n) is 24.3. The Bertz CT molecular complexity index is 1950. The third-order valence-electron chi connectivity index (χ3n) is 7.30. The van der Waals surface area contributed by atoms with E-state index in [2.05, 4.69) is 29.9 Å². The number of fused-ring (bicyclic) bond motifs is 4. The number of aliphatic hydroxyl groups is 2. The summed E-state index contributed by atoms with van der Waals surface area (Å²) in [6.45, 7) is -1.83. The van der Waals surface area contributed by atoms with Crippen molar-refractivity contribution in [2.45, 2.75) is 49.1 Å². The number of hydrogen-bond donors (Lipinski definition) is 5. The van der Waals surface area contributed by atoms with Crippen LogP contribution in [0, 0.1) is 0 Å². The van der Waals surface area contributed by atoms with Gasteiger partial charge in [-0.15, -0.1) is 0 Å². The number of phosphoric ester groups is 2. The van der Waals surface area contributed by atoms with Crippen molar-refractivity contribution in [3.63, 3.8) is 0 Å². The average Bonchev–Trinajstić information content (AvgIpc) is 3.72. The minimum absolute atomic E-state index is 0. The number of nitrogens with one attached hydrogen (secondary N) is 1. The number of aliphatic hydroxyl groups excluding tert-OH is 2. The topological polar surface area (TPSA) is 335 Å². The molecule has 0 saturated carbocycles. The molecule has 7 rings (SSSR count). The summed E-state index contributed by atoms with van der Waals surface area (Å²) < 4.78 is 59.9. The van der Waals surface area contributed by atoms with E-state index in [1.54, 1.807) is 0 Å². The van der Waals surface area contributed by atoms with Crippen molar-refractivity contribution in [1.29, 1.82) is 0 Å². The van der Waals surface area contributed by atoms with E-state index in [0.29, 0.717) is 0 Å². The number of anilines is 2. The predicted molar refractivity (Wildman–Crippen MR) is 139 cm³/mol. The minimum atomic E-state index is -5.32. The summed E-state index contributed by atoms with van der Waals surface area (Å²) in [6.07, 6.45) is -9.74. The number of rotatable bonds is 2. The van der Waals surface area contributed by atoms with Crippen molar-refractivity contribution < 1.29 is 116 Å². The molecule has 0 radical (unpaired) electrons. The van der Waals surface area contributed by atoms with Crippen molar-refractivity contribution in [3.8, 4) is 0 Å². The molecule has 3 aliphatic rings. The van der Waals surface area contributed by atoms with E-state index in [9.17, 15) is 33.9 Å². The van der Waals surface area contributed by atoms with Crippen LogP contribution in [0.1, 0.15) is 12.5 Å². The van der Waals surface area contributed by atoms with Crippen LogP contribution in [0.5, 0.6) is 0 Å². The van der Waals surface area contributed by atoms with Crippen LogP contribution in [0.3, 0.4) is 0 Å². The van der Waals surface area contributed by atoms with Gasteiger partial charge in [-0.2, -0.15) is 4.98 Å². The molecule has 27 heteroatoms. The molecule has 7 N–H and O–H groups in total. The minimum Gasteiger partial charge on any atom is -0.756 e. The maximum absolute atomic E-state index is 13.0. The van der Waals surface area contributed by atoms with Crippen LogP contribution in [-0.2, 0) is 36.7 Å². The Morgan fingerprint density at radius 2 is 1.34 bits per heavy atom. The Morgan fingerprint density at radius 3 is 1.89 bits per heavy atom. The van der Waals surface area contributed by atoms with E-state index < -0.39 is 83.5 Å². The number of nitrogen functional groups attached to an aromatic ring is 2. The SMILES string of the molecule is Nc1nc2c(ncn2C2OC3COP(=O)([O-])OC4C(COP(=O)([O-])OC3C2O)OC(n2cnc3c(N)ncnc32)C4O)c(=O)[nH]1.[Na+].[Na+]. The predicted octanol–water partition coefficient (Wildman–Crippen LogP) is -9.60. The molecule has 0 aliphatic carbocycles. The van der Waals surface area contributed by atoms with Crippen molar-refractivity contribution in [3.05, 3.63) is 29.3 Å². The molecule has 7 heterocycles. The molecule has 0 bridgehead atoms. The van der Waals surface area contributed by atoms with Gasteiger partial charge in [0.25, 0.3) is 21.2 Å². The van der Waals surface area contributed by atoms with Gasteiger partial charge in [-0.05, 0) is 0 Å². The van der Waals surface area contributed by atoms with Crippen molar-refractivity contribution >= 4 is 49.7 Å². The summed E-state index contributed by atoms with van der Waals surface area (Å²) >= 11 is 0. The number of nitrogens with zero attached hydrogens (tertiary/aromatic N) is 7. The quantitative estimate of drug-likeness (QED) is 0.0948. The number of H-pyrrole nitrogens is 1. The first-order valence-electron chi connectivity index (χ1n) is 12.9. The fraction of sp³-hybridized carbons (Fsp3) is 0.500. The number of hydrogen-bond acceptors (Lipinski definition) is 20. The molecule has 4 aromatic rings. The number of aromatic nitrogens is 8. The fourth-order valence-corrected chi connectivity index (χ4v) is 7.20. The molecule has 47 heavy (non-hydrogen) atoms. The Morgan fingerprint density at radius 1 is 0.830 bits per heavy atom. The van der Waals surface area contributed by atoms with Gasteiger partial charge in [-0.25, -0.2) is 19.9 Å². The van der Waals surface area contributed by atoms with Gasteiger partial charge in [0.2, 0.25) is 5.95 Å². The van der Waals surface area contributed by atoms with Crippen LogP contribution < -0.4 is 85.9 Å². The standard InChI is InChI=1S/C20H24N10O13P2.2Na/c21-14-8-15(24-3-23-14)29(4-25-8)18-10(31)12-6(40-18)1-38-45(36,37)43-13-7(2-39-44(34,35)42-12)41-19(11(13)32)30-5-26-9-16(30)27-20(22)28-17(9)33;;/h3-7,10-13,18-19,31-32H,1-2H2,(H,34,35)(H,36,37)(H2,21,23,24)(H3,22,27,28,33);;/q;2*+1/p-2. The zero-order valence-corrected chi connectivity index (χ0v) is 30.1. The molecule has 3 fully saturated rings. The molecule has 3 aliphatic heterocycles. The largest absolute Gasteiger partial charge is 1.00 e. The molecule has 10 unspecified atom stereocenters. The van der Waals surface area contributed by atoms with Crippen LogP contribution in [0.4, 0.5) is 11.8 Å². The molecular formula is C20H22N10Na2O13P2. The number of imidazole rings is 2. The number of aromatic amines is 1. The first-order valence-corrected chi connectivity index (χ1v) is 15.8. The van der Waals surface area contributed by atoms with E-state index in [1.165, 1.54) is 10.9 Å². The first-order chi connectivity index (χ1) is 21.3. The van der Waals surface area contributed by atoms with Crippen LogP contribution in [0.25, 0.3) is 22.3 Å². The van der Waals surface area contributed by atoms with E-state index in [1.807, 2.05) is 0 Å². The van der Waals surface area contributed by atoms with E-state index in [4.69, 9.17) is 39.0 Å². The van der Waals surface area contributed by atoms with E-state index >= 15 is 0 Å². The zero-order chi connectivity index (χ0) is 31.8. The van der Waals surface area contributed by atoms with Crippen molar-refractivity contribution in [2.24, 2.45) is 0 Å².